The Bertz CT molecular complexity index is 991. The van der Waals surface area contributed by atoms with Gasteiger partial charge < -0.3 is 0 Å². The minimum atomic E-state index is -0.600. The Morgan fingerprint density at radius 3 is 2.13 bits per heavy atom. The average Bonchev–Trinajstić information content (AvgIpc) is 3.11. The molecule has 0 N–H and O–H groups in total. The first kappa shape index (κ1) is 20.6. The molecule has 1 saturated heterocycles. The number of hydrogen-bond donors (Lipinski definition) is 0. The summed E-state index contributed by atoms with van der Waals surface area (Å²) in [5.74, 6) is -0.656. The van der Waals surface area contributed by atoms with Crippen molar-refractivity contribution in [2.45, 2.75) is 18.3 Å². The summed E-state index contributed by atoms with van der Waals surface area (Å²) in [6.45, 7) is 3.38. The van der Waals surface area contributed by atoms with Crippen molar-refractivity contribution in [1.29, 1.82) is 0 Å². The van der Waals surface area contributed by atoms with Crippen molar-refractivity contribution in [2.24, 2.45) is 11.8 Å². The molecule has 152 valence electrons. The summed E-state index contributed by atoms with van der Waals surface area (Å²) in [5.41, 5.74) is 1.72. The normalized spacial score (nSPS) is 19.6. The van der Waals surface area contributed by atoms with Gasteiger partial charge in [-0.3, -0.25) is 0 Å². The quantitative estimate of drug-likeness (QED) is 0.303. The Labute approximate surface area is 184 Å². The van der Waals surface area contributed by atoms with Crippen LogP contribution in [0.15, 0.2) is 91.0 Å². The molecule has 1 aliphatic heterocycles. The van der Waals surface area contributed by atoms with Gasteiger partial charge in [-0.05, 0) is 0 Å². The van der Waals surface area contributed by atoms with Crippen LogP contribution in [0, 0.1) is 11.8 Å². The van der Waals surface area contributed by atoms with Crippen molar-refractivity contribution in [3.8, 4) is 0 Å². The molecule has 30 heavy (non-hydrogen) atoms. The van der Waals surface area contributed by atoms with E-state index in [1.807, 2.05) is 71.6 Å². The van der Waals surface area contributed by atoms with Gasteiger partial charge in [0, 0.05) is 0 Å². The van der Waals surface area contributed by atoms with Crippen LogP contribution in [0.4, 0.5) is 0 Å². The molecule has 1 fully saturated rings. The SMILES string of the molecule is CC([Se]c1ccccc1)[C@H]1CN(Cc2ccccc2)C(=O)[C@@H]1C(=O)c1ccccc1. The molecule has 0 bridgehead atoms. The summed E-state index contributed by atoms with van der Waals surface area (Å²) in [6, 6.07) is 29.7. The van der Waals surface area contributed by atoms with E-state index in [0.717, 1.165) is 5.56 Å². The van der Waals surface area contributed by atoms with Crippen LogP contribution in [0.25, 0.3) is 0 Å². The molecular weight excluding hydrogens is 437 g/mol. The van der Waals surface area contributed by atoms with Gasteiger partial charge in [0.25, 0.3) is 0 Å². The van der Waals surface area contributed by atoms with Gasteiger partial charge in [-0.25, -0.2) is 0 Å². The van der Waals surface area contributed by atoms with E-state index in [4.69, 9.17) is 0 Å². The number of likely N-dealkylation sites (tertiary alicyclic amines) is 1. The average molecular weight is 462 g/mol. The van der Waals surface area contributed by atoms with Gasteiger partial charge in [0.1, 0.15) is 0 Å². The van der Waals surface area contributed by atoms with Crippen molar-refractivity contribution in [3.63, 3.8) is 0 Å². The topological polar surface area (TPSA) is 37.4 Å². The van der Waals surface area contributed by atoms with Crippen LogP contribution in [0.5, 0.6) is 0 Å². The zero-order chi connectivity index (χ0) is 20.9. The molecule has 0 spiro atoms. The Morgan fingerprint density at radius 1 is 0.933 bits per heavy atom. The molecule has 4 rings (SSSR count). The number of Topliss-reactive ketones (excluding diaryl/α,β-unsaturated/α-hetero) is 1. The molecule has 3 nitrogen and oxygen atoms in total. The van der Waals surface area contributed by atoms with E-state index < -0.39 is 5.92 Å². The summed E-state index contributed by atoms with van der Waals surface area (Å²) in [7, 11) is 0. The fraction of sp³-hybridized carbons (Fsp3) is 0.231. The summed E-state index contributed by atoms with van der Waals surface area (Å²) >= 11 is 0.199. The zero-order valence-corrected chi connectivity index (χ0v) is 18.7. The van der Waals surface area contributed by atoms with Crippen LogP contribution in [-0.2, 0) is 11.3 Å². The molecule has 0 aliphatic carbocycles. The number of rotatable bonds is 7. The summed E-state index contributed by atoms with van der Waals surface area (Å²) in [5, 5.41) is 0. The molecule has 3 atom stereocenters. The first-order valence-electron chi connectivity index (χ1n) is 10.3. The molecule has 1 heterocycles. The maximum absolute atomic E-state index is 13.4. The molecule has 4 heteroatoms. The van der Waals surface area contributed by atoms with E-state index in [9.17, 15) is 9.59 Å². The third kappa shape index (κ3) is 4.56. The second-order valence-electron chi connectivity index (χ2n) is 7.71. The second kappa shape index (κ2) is 9.42. The predicted molar refractivity (Wildman–Crippen MR) is 121 cm³/mol. The number of carbonyl (C=O) groups excluding carboxylic acids is 2. The number of carbonyl (C=O) groups is 2. The molecule has 3 aromatic carbocycles. The van der Waals surface area contributed by atoms with Crippen molar-refractivity contribution in [2.75, 3.05) is 6.54 Å². The molecule has 1 aliphatic rings. The van der Waals surface area contributed by atoms with Crippen LogP contribution in [0.2, 0.25) is 4.82 Å². The maximum atomic E-state index is 13.4. The van der Waals surface area contributed by atoms with Crippen molar-refractivity contribution < 1.29 is 9.59 Å². The van der Waals surface area contributed by atoms with Crippen LogP contribution in [0.1, 0.15) is 22.8 Å². The predicted octanol–water partition coefficient (Wildman–Crippen LogP) is 3.98. The molecular formula is C26H25NO2Se. The van der Waals surface area contributed by atoms with E-state index in [1.165, 1.54) is 4.46 Å². The Balaban J connectivity index is 1.60. The first-order valence-corrected chi connectivity index (χ1v) is 12.1. The van der Waals surface area contributed by atoms with Crippen LogP contribution in [0.3, 0.4) is 0 Å². The molecule has 0 saturated carbocycles. The summed E-state index contributed by atoms with van der Waals surface area (Å²) in [6.07, 6.45) is 0. The Morgan fingerprint density at radius 2 is 1.50 bits per heavy atom. The number of benzene rings is 3. The fourth-order valence-electron chi connectivity index (χ4n) is 4.09. The molecule has 0 radical (unpaired) electrons. The summed E-state index contributed by atoms with van der Waals surface area (Å²) < 4.78 is 1.30. The van der Waals surface area contributed by atoms with Gasteiger partial charge in [-0.2, -0.15) is 0 Å². The van der Waals surface area contributed by atoms with Gasteiger partial charge in [0.05, 0.1) is 0 Å². The van der Waals surface area contributed by atoms with E-state index in [0.29, 0.717) is 18.7 Å². The molecule has 3 aromatic rings. The van der Waals surface area contributed by atoms with E-state index >= 15 is 0 Å². The third-order valence-corrected chi connectivity index (χ3v) is 8.32. The fourth-order valence-corrected chi connectivity index (χ4v) is 6.52. The van der Waals surface area contributed by atoms with Gasteiger partial charge in [-0.15, -0.1) is 0 Å². The number of nitrogens with zero attached hydrogens (tertiary/aromatic N) is 1. The molecule has 1 amide bonds. The van der Waals surface area contributed by atoms with Crippen molar-refractivity contribution in [1.82, 2.24) is 4.90 Å². The van der Waals surface area contributed by atoms with Gasteiger partial charge in [0.15, 0.2) is 0 Å². The molecule has 1 unspecified atom stereocenters. The monoisotopic (exact) mass is 463 g/mol. The molecule has 0 aromatic heterocycles. The van der Waals surface area contributed by atoms with Crippen molar-refractivity contribution in [3.05, 3.63) is 102 Å². The third-order valence-electron chi connectivity index (χ3n) is 5.66. The van der Waals surface area contributed by atoms with E-state index in [-0.39, 0.29) is 37.4 Å². The van der Waals surface area contributed by atoms with Gasteiger partial charge in [0.2, 0.25) is 0 Å². The van der Waals surface area contributed by atoms with Crippen LogP contribution >= 0.6 is 0 Å². The summed E-state index contributed by atoms with van der Waals surface area (Å²) in [4.78, 5) is 28.9. The van der Waals surface area contributed by atoms with Crippen LogP contribution in [-0.4, -0.2) is 38.1 Å². The number of ketones is 1. The van der Waals surface area contributed by atoms with E-state index in [1.54, 1.807) is 0 Å². The standard InChI is InChI=1S/C26H25NO2Se/c1-19(30-22-15-9-4-10-16-22)23-18-27(17-20-11-5-2-6-12-20)26(29)24(23)25(28)21-13-7-3-8-14-21/h2-16,19,23-24H,17-18H2,1H3/t19?,23-,24+/m1/s1. The first-order chi connectivity index (χ1) is 14.6. The van der Waals surface area contributed by atoms with Gasteiger partial charge >= 0.3 is 184 Å². The zero-order valence-electron chi connectivity index (χ0n) is 17.0. The second-order valence-corrected chi connectivity index (χ2v) is 10.8. The van der Waals surface area contributed by atoms with Gasteiger partial charge in [-0.1, -0.05) is 0 Å². The Kier molecular flexibility index (Phi) is 6.47. The number of amides is 1. The van der Waals surface area contributed by atoms with E-state index in [2.05, 4.69) is 31.2 Å². The Hall–Kier alpha value is -2.68. The minimum absolute atomic E-state index is 0.0223. The number of hydrogen-bond acceptors (Lipinski definition) is 2. The van der Waals surface area contributed by atoms with Crippen molar-refractivity contribution >= 4 is 31.1 Å². The van der Waals surface area contributed by atoms with Crippen LogP contribution < -0.4 is 4.46 Å².